The Balaban J connectivity index is 1.58. The van der Waals surface area contributed by atoms with Crippen LogP contribution < -0.4 is 14.8 Å². The molecule has 21 heavy (non-hydrogen) atoms. The molecule has 3 rings (SSSR count). The van der Waals surface area contributed by atoms with E-state index in [4.69, 9.17) is 9.47 Å². The quantitative estimate of drug-likeness (QED) is 0.905. The monoisotopic (exact) mass is 283 g/mol. The molecule has 1 aliphatic rings. The van der Waals surface area contributed by atoms with Crippen molar-refractivity contribution in [3.8, 4) is 11.5 Å². The lowest BCUT2D eigenvalue weighted by Gasteiger charge is -2.13. The molecule has 1 aliphatic heterocycles. The fourth-order valence-corrected chi connectivity index (χ4v) is 2.66. The molecule has 0 aliphatic carbocycles. The Morgan fingerprint density at radius 1 is 1.24 bits per heavy atom. The molecule has 1 heterocycles. The molecule has 110 valence electrons. The summed E-state index contributed by atoms with van der Waals surface area (Å²) >= 11 is 0. The van der Waals surface area contributed by atoms with E-state index in [1.807, 2.05) is 25.1 Å². The highest BCUT2D eigenvalue weighted by Gasteiger charge is 2.22. The Labute approximate surface area is 125 Å². The number of rotatable bonds is 5. The maximum absolute atomic E-state index is 5.97. The molecule has 0 saturated carbocycles. The van der Waals surface area contributed by atoms with E-state index in [1.165, 1.54) is 11.1 Å². The molecule has 1 atom stereocenters. The van der Waals surface area contributed by atoms with Crippen LogP contribution in [0.1, 0.15) is 18.1 Å². The number of nitrogens with one attached hydrogen (secondary N) is 1. The molecule has 0 bridgehead atoms. The standard InChI is InChI=1S/C18H21NO2/c1-3-20-16-6-4-5-15(11-16)19-12-17-10-14-9-13(2)7-8-18(14)21-17/h4-9,11,17,19H,3,10,12H2,1-2H3. The Kier molecular flexibility index (Phi) is 4.00. The lowest BCUT2D eigenvalue weighted by molar-refractivity contribution is 0.246. The molecule has 2 aromatic rings. The van der Waals surface area contributed by atoms with Crippen LogP contribution >= 0.6 is 0 Å². The maximum atomic E-state index is 5.97. The molecule has 2 aromatic carbocycles. The van der Waals surface area contributed by atoms with Crippen molar-refractivity contribution in [2.45, 2.75) is 26.4 Å². The van der Waals surface area contributed by atoms with Crippen molar-refractivity contribution in [1.29, 1.82) is 0 Å². The van der Waals surface area contributed by atoms with Gasteiger partial charge in [0, 0.05) is 18.2 Å². The number of hydrogen-bond donors (Lipinski definition) is 1. The van der Waals surface area contributed by atoms with E-state index in [-0.39, 0.29) is 6.10 Å². The second-order valence-corrected chi connectivity index (χ2v) is 5.40. The average Bonchev–Trinajstić information content (AvgIpc) is 2.88. The van der Waals surface area contributed by atoms with Gasteiger partial charge in [-0.15, -0.1) is 0 Å². The van der Waals surface area contributed by atoms with Crippen molar-refractivity contribution in [2.75, 3.05) is 18.5 Å². The predicted molar refractivity (Wildman–Crippen MR) is 85.4 cm³/mol. The van der Waals surface area contributed by atoms with Gasteiger partial charge in [-0.05, 0) is 37.6 Å². The van der Waals surface area contributed by atoms with Gasteiger partial charge >= 0.3 is 0 Å². The van der Waals surface area contributed by atoms with Gasteiger partial charge in [-0.1, -0.05) is 23.8 Å². The summed E-state index contributed by atoms with van der Waals surface area (Å²) in [6.45, 7) is 5.59. The third-order valence-corrected chi connectivity index (χ3v) is 3.64. The number of ether oxygens (including phenoxy) is 2. The van der Waals surface area contributed by atoms with Gasteiger partial charge < -0.3 is 14.8 Å². The summed E-state index contributed by atoms with van der Waals surface area (Å²) < 4.78 is 11.5. The van der Waals surface area contributed by atoms with Crippen LogP contribution in [0.4, 0.5) is 5.69 Å². The van der Waals surface area contributed by atoms with Crippen LogP contribution in [0.2, 0.25) is 0 Å². The SMILES string of the molecule is CCOc1cccc(NCC2Cc3cc(C)ccc3O2)c1. The first-order valence-electron chi connectivity index (χ1n) is 7.47. The zero-order valence-electron chi connectivity index (χ0n) is 12.6. The van der Waals surface area contributed by atoms with Crippen molar-refractivity contribution in [3.63, 3.8) is 0 Å². The summed E-state index contributed by atoms with van der Waals surface area (Å²) in [5.41, 5.74) is 3.66. The Morgan fingerprint density at radius 2 is 2.14 bits per heavy atom. The molecular formula is C18H21NO2. The third-order valence-electron chi connectivity index (χ3n) is 3.64. The molecule has 0 amide bonds. The molecule has 0 saturated heterocycles. The van der Waals surface area contributed by atoms with Crippen molar-refractivity contribution in [1.82, 2.24) is 0 Å². The molecule has 1 N–H and O–H groups in total. The second kappa shape index (κ2) is 6.08. The van der Waals surface area contributed by atoms with E-state index in [0.29, 0.717) is 6.61 Å². The Bertz CT molecular complexity index is 624. The third kappa shape index (κ3) is 3.30. The number of aryl methyl sites for hydroxylation is 1. The summed E-state index contributed by atoms with van der Waals surface area (Å²) in [4.78, 5) is 0. The van der Waals surface area contributed by atoms with Crippen molar-refractivity contribution in [2.24, 2.45) is 0 Å². The lowest BCUT2D eigenvalue weighted by Crippen LogP contribution is -2.23. The Morgan fingerprint density at radius 3 is 3.00 bits per heavy atom. The molecule has 3 nitrogen and oxygen atoms in total. The first kappa shape index (κ1) is 13.8. The van der Waals surface area contributed by atoms with Crippen LogP contribution in [0.25, 0.3) is 0 Å². The largest absolute Gasteiger partial charge is 0.494 e. The minimum atomic E-state index is 0.192. The smallest absolute Gasteiger partial charge is 0.123 e. The maximum Gasteiger partial charge on any atom is 0.123 e. The molecule has 0 fully saturated rings. The summed E-state index contributed by atoms with van der Waals surface area (Å²) in [5, 5.41) is 3.43. The van der Waals surface area contributed by atoms with Gasteiger partial charge in [0.25, 0.3) is 0 Å². The van der Waals surface area contributed by atoms with Crippen LogP contribution in [0, 0.1) is 6.92 Å². The number of fused-ring (bicyclic) bond motifs is 1. The molecule has 1 unspecified atom stereocenters. The van der Waals surface area contributed by atoms with E-state index >= 15 is 0 Å². The van der Waals surface area contributed by atoms with Crippen molar-refractivity contribution in [3.05, 3.63) is 53.6 Å². The van der Waals surface area contributed by atoms with Crippen LogP contribution in [0.5, 0.6) is 11.5 Å². The number of benzene rings is 2. The zero-order valence-corrected chi connectivity index (χ0v) is 12.6. The minimum absolute atomic E-state index is 0.192. The molecule has 0 aromatic heterocycles. The van der Waals surface area contributed by atoms with E-state index < -0.39 is 0 Å². The average molecular weight is 283 g/mol. The van der Waals surface area contributed by atoms with Gasteiger partial charge in [-0.2, -0.15) is 0 Å². The van der Waals surface area contributed by atoms with Gasteiger partial charge in [0.2, 0.25) is 0 Å². The lowest BCUT2D eigenvalue weighted by atomic mass is 10.1. The molecule has 3 heteroatoms. The fraction of sp³-hybridized carbons (Fsp3) is 0.333. The second-order valence-electron chi connectivity index (χ2n) is 5.40. The summed E-state index contributed by atoms with van der Waals surface area (Å²) in [6, 6.07) is 14.4. The van der Waals surface area contributed by atoms with Crippen molar-refractivity contribution >= 4 is 5.69 Å². The first-order chi connectivity index (χ1) is 10.2. The topological polar surface area (TPSA) is 30.5 Å². The highest BCUT2D eigenvalue weighted by molar-refractivity contribution is 5.48. The number of anilines is 1. The molecule has 0 radical (unpaired) electrons. The van der Waals surface area contributed by atoms with Crippen LogP contribution in [-0.4, -0.2) is 19.3 Å². The highest BCUT2D eigenvalue weighted by atomic mass is 16.5. The minimum Gasteiger partial charge on any atom is -0.494 e. The van der Waals surface area contributed by atoms with Crippen molar-refractivity contribution < 1.29 is 9.47 Å². The van der Waals surface area contributed by atoms with Crippen LogP contribution in [0.3, 0.4) is 0 Å². The summed E-state index contributed by atoms with van der Waals surface area (Å²) in [6.07, 6.45) is 1.16. The van der Waals surface area contributed by atoms with Crippen LogP contribution in [-0.2, 0) is 6.42 Å². The van der Waals surface area contributed by atoms with Gasteiger partial charge in [0.1, 0.15) is 17.6 Å². The van der Waals surface area contributed by atoms with E-state index in [1.54, 1.807) is 0 Å². The normalized spacial score (nSPS) is 16.2. The summed E-state index contributed by atoms with van der Waals surface area (Å²) in [7, 11) is 0. The van der Waals surface area contributed by atoms with E-state index in [0.717, 1.165) is 30.2 Å². The van der Waals surface area contributed by atoms with Gasteiger partial charge in [0.15, 0.2) is 0 Å². The van der Waals surface area contributed by atoms with E-state index in [9.17, 15) is 0 Å². The zero-order chi connectivity index (χ0) is 14.7. The summed E-state index contributed by atoms with van der Waals surface area (Å²) in [5.74, 6) is 1.92. The molecular weight excluding hydrogens is 262 g/mol. The predicted octanol–water partition coefficient (Wildman–Crippen LogP) is 3.81. The van der Waals surface area contributed by atoms with Gasteiger partial charge in [-0.25, -0.2) is 0 Å². The molecule has 0 spiro atoms. The number of hydrogen-bond acceptors (Lipinski definition) is 3. The Hall–Kier alpha value is -2.16. The highest BCUT2D eigenvalue weighted by Crippen LogP contribution is 2.29. The van der Waals surface area contributed by atoms with Gasteiger partial charge in [-0.3, -0.25) is 0 Å². The van der Waals surface area contributed by atoms with E-state index in [2.05, 4.69) is 36.5 Å². The first-order valence-corrected chi connectivity index (χ1v) is 7.47. The van der Waals surface area contributed by atoms with Gasteiger partial charge in [0.05, 0.1) is 13.2 Å². The van der Waals surface area contributed by atoms with Crippen LogP contribution in [0.15, 0.2) is 42.5 Å². The fourth-order valence-electron chi connectivity index (χ4n) is 2.66.